The molecule has 0 bridgehead atoms. The predicted molar refractivity (Wildman–Crippen MR) is 164 cm³/mol. The number of halogens is 2. The molecule has 1 aliphatic rings. The van der Waals surface area contributed by atoms with Gasteiger partial charge in [0.1, 0.15) is 17.6 Å². The number of benzene rings is 3. The van der Waals surface area contributed by atoms with Gasteiger partial charge in [-0.1, -0.05) is 71.7 Å². The first-order valence-electron chi connectivity index (χ1n) is 12.8. The van der Waals surface area contributed by atoms with Gasteiger partial charge in [0, 0.05) is 35.8 Å². The standard InChI is InChI=1S/C31H24Cl2N4O2S/c32-22-11-6-10-21(28(22)33)25-14-15-26(39-25)30-29(24-12-3-4-17-34-24)36-31(40)37(30)18-16-27(38)35-23-13-5-8-19-7-1-2-9-20(19)23/h1-15,17,29-30H,16,18H2,(H,35,38)(H,36,40)/t29-,30-/m0/s1. The molecule has 1 saturated heterocycles. The summed E-state index contributed by atoms with van der Waals surface area (Å²) >= 11 is 18.5. The smallest absolute Gasteiger partial charge is 0.226 e. The van der Waals surface area contributed by atoms with Gasteiger partial charge < -0.3 is 20.0 Å². The number of fused-ring (bicyclic) bond motifs is 1. The Kier molecular flexibility index (Phi) is 7.43. The summed E-state index contributed by atoms with van der Waals surface area (Å²) in [7, 11) is 0. The summed E-state index contributed by atoms with van der Waals surface area (Å²) in [5.41, 5.74) is 2.29. The van der Waals surface area contributed by atoms with E-state index in [9.17, 15) is 4.79 Å². The molecule has 1 fully saturated rings. The van der Waals surface area contributed by atoms with Crippen molar-refractivity contribution in [3.05, 3.63) is 119 Å². The van der Waals surface area contributed by atoms with E-state index >= 15 is 0 Å². The van der Waals surface area contributed by atoms with Gasteiger partial charge in [-0.3, -0.25) is 9.78 Å². The number of pyridine rings is 1. The van der Waals surface area contributed by atoms with E-state index < -0.39 is 0 Å². The first-order valence-corrected chi connectivity index (χ1v) is 14.0. The van der Waals surface area contributed by atoms with Gasteiger partial charge in [0.15, 0.2) is 5.11 Å². The Hall–Kier alpha value is -3.91. The quantitative estimate of drug-likeness (QED) is 0.189. The number of carbonyl (C=O) groups excluding carboxylic acids is 1. The van der Waals surface area contributed by atoms with Crippen LogP contribution in [0.15, 0.2) is 102 Å². The van der Waals surface area contributed by atoms with Crippen LogP contribution in [0, 0.1) is 0 Å². The first kappa shape index (κ1) is 26.3. The van der Waals surface area contributed by atoms with Crippen molar-refractivity contribution in [1.82, 2.24) is 15.2 Å². The zero-order valence-corrected chi connectivity index (χ0v) is 23.5. The van der Waals surface area contributed by atoms with Gasteiger partial charge in [-0.05, 0) is 60.1 Å². The molecule has 9 heteroatoms. The monoisotopic (exact) mass is 586 g/mol. The highest BCUT2D eigenvalue weighted by Crippen LogP contribution is 2.42. The Morgan fingerprint density at radius 3 is 2.62 bits per heavy atom. The van der Waals surface area contributed by atoms with Crippen LogP contribution in [0.3, 0.4) is 0 Å². The molecule has 200 valence electrons. The second-order valence-electron chi connectivity index (χ2n) is 9.45. The highest BCUT2D eigenvalue weighted by atomic mass is 35.5. The van der Waals surface area contributed by atoms with Gasteiger partial charge in [-0.2, -0.15) is 0 Å². The number of aromatic nitrogens is 1. The molecule has 1 aliphatic heterocycles. The Balaban J connectivity index is 1.27. The summed E-state index contributed by atoms with van der Waals surface area (Å²) in [6.07, 6.45) is 1.97. The van der Waals surface area contributed by atoms with E-state index in [0.29, 0.717) is 38.8 Å². The van der Waals surface area contributed by atoms with E-state index in [-0.39, 0.29) is 24.4 Å². The summed E-state index contributed by atoms with van der Waals surface area (Å²) in [5, 5.41) is 9.92. The number of hydrogen-bond donors (Lipinski definition) is 2. The summed E-state index contributed by atoms with van der Waals surface area (Å²) in [5.74, 6) is 1.15. The van der Waals surface area contributed by atoms with Crippen LogP contribution in [0.4, 0.5) is 5.69 Å². The zero-order valence-electron chi connectivity index (χ0n) is 21.2. The molecule has 6 nitrogen and oxygen atoms in total. The van der Waals surface area contributed by atoms with E-state index in [2.05, 4.69) is 15.6 Å². The molecule has 0 radical (unpaired) electrons. The van der Waals surface area contributed by atoms with E-state index in [4.69, 9.17) is 39.8 Å². The van der Waals surface area contributed by atoms with Gasteiger partial charge in [0.2, 0.25) is 5.91 Å². The maximum atomic E-state index is 13.1. The normalized spacial score (nSPS) is 16.8. The number of rotatable bonds is 7. The summed E-state index contributed by atoms with van der Waals surface area (Å²) in [6, 6.07) is 28.2. The zero-order chi connectivity index (χ0) is 27.6. The molecule has 3 aromatic carbocycles. The van der Waals surface area contributed by atoms with Crippen molar-refractivity contribution in [2.45, 2.75) is 18.5 Å². The lowest BCUT2D eigenvalue weighted by Gasteiger charge is -2.26. The minimum atomic E-state index is -0.334. The largest absolute Gasteiger partial charge is 0.459 e. The molecule has 2 atom stereocenters. The fraction of sp³-hybridized carbons (Fsp3) is 0.129. The number of nitrogens with one attached hydrogen (secondary N) is 2. The molecule has 0 saturated carbocycles. The molecular formula is C31H24Cl2N4O2S. The molecule has 2 N–H and O–H groups in total. The van der Waals surface area contributed by atoms with Crippen LogP contribution in [0.25, 0.3) is 22.1 Å². The lowest BCUT2D eigenvalue weighted by Crippen LogP contribution is -2.32. The molecule has 2 aromatic heterocycles. The average Bonchev–Trinajstić information content (AvgIpc) is 3.58. The molecule has 3 heterocycles. The summed E-state index contributed by atoms with van der Waals surface area (Å²) in [4.78, 5) is 19.7. The fourth-order valence-corrected chi connectivity index (χ4v) is 5.80. The molecule has 5 aromatic rings. The fourth-order valence-electron chi connectivity index (χ4n) is 5.08. The lowest BCUT2D eigenvalue weighted by atomic mass is 10.0. The molecule has 1 amide bonds. The van der Waals surface area contributed by atoms with Gasteiger partial charge in [0.05, 0.1) is 21.8 Å². The van der Waals surface area contributed by atoms with Crippen LogP contribution < -0.4 is 10.6 Å². The van der Waals surface area contributed by atoms with Gasteiger partial charge >= 0.3 is 0 Å². The van der Waals surface area contributed by atoms with Crippen LogP contribution in [0.2, 0.25) is 10.0 Å². The summed E-state index contributed by atoms with van der Waals surface area (Å²) < 4.78 is 6.36. The van der Waals surface area contributed by atoms with Crippen LogP contribution in [-0.2, 0) is 4.79 Å². The second kappa shape index (κ2) is 11.3. The van der Waals surface area contributed by atoms with Crippen molar-refractivity contribution in [3.63, 3.8) is 0 Å². The third kappa shape index (κ3) is 5.16. The van der Waals surface area contributed by atoms with Crippen molar-refractivity contribution in [1.29, 1.82) is 0 Å². The SMILES string of the molecule is O=C(CCN1C(=S)N[C@@H](c2ccccn2)[C@@H]1c1ccc(-c2cccc(Cl)c2Cl)o1)Nc1cccc2ccccc12. The second-order valence-corrected chi connectivity index (χ2v) is 10.6. The van der Waals surface area contributed by atoms with Crippen molar-refractivity contribution in [3.8, 4) is 11.3 Å². The van der Waals surface area contributed by atoms with Crippen molar-refractivity contribution < 1.29 is 9.21 Å². The number of nitrogens with zero attached hydrogens (tertiary/aromatic N) is 2. The van der Waals surface area contributed by atoms with Gasteiger partial charge in [-0.25, -0.2) is 0 Å². The van der Waals surface area contributed by atoms with Crippen LogP contribution >= 0.6 is 35.4 Å². The molecule has 0 unspecified atom stereocenters. The minimum Gasteiger partial charge on any atom is -0.459 e. The Labute approximate surface area is 246 Å². The van der Waals surface area contributed by atoms with Crippen molar-refractivity contribution >= 4 is 62.9 Å². The van der Waals surface area contributed by atoms with Crippen LogP contribution in [0.5, 0.6) is 0 Å². The Morgan fingerprint density at radius 1 is 0.975 bits per heavy atom. The maximum absolute atomic E-state index is 13.1. The van der Waals surface area contributed by atoms with E-state index in [1.807, 2.05) is 89.8 Å². The molecular weight excluding hydrogens is 563 g/mol. The van der Waals surface area contributed by atoms with E-state index in [1.54, 1.807) is 12.3 Å². The predicted octanol–water partition coefficient (Wildman–Crippen LogP) is 7.80. The van der Waals surface area contributed by atoms with Crippen molar-refractivity contribution in [2.24, 2.45) is 0 Å². The Bertz CT molecular complexity index is 1700. The number of thiocarbonyl (C=S) groups is 1. The summed E-state index contributed by atoms with van der Waals surface area (Å²) in [6.45, 7) is 0.379. The van der Waals surface area contributed by atoms with Crippen LogP contribution in [0.1, 0.15) is 30.0 Å². The van der Waals surface area contributed by atoms with Gasteiger partial charge in [0.25, 0.3) is 0 Å². The number of anilines is 1. The number of carbonyl (C=O) groups is 1. The molecule has 0 aliphatic carbocycles. The molecule has 40 heavy (non-hydrogen) atoms. The molecule has 6 rings (SSSR count). The van der Waals surface area contributed by atoms with E-state index in [1.165, 1.54) is 0 Å². The van der Waals surface area contributed by atoms with Crippen LogP contribution in [-0.4, -0.2) is 27.4 Å². The topological polar surface area (TPSA) is 70.4 Å². The number of hydrogen-bond acceptors (Lipinski definition) is 4. The van der Waals surface area contributed by atoms with Crippen molar-refractivity contribution in [2.75, 3.05) is 11.9 Å². The molecule has 0 spiro atoms. The third-order valence-electron chi connectivity index (χ3n) is 6.98. The minimum absolute atomic E-state index is 0.106. The maximum Gasteiger partial charge on any atom is 0.226 e. The van der Waals surface area contributed by atoms with Gasteiger partial charge in [-0.15, -0.1) is 0 Å². The number of amides is 1. The average molecular weight is 588 g/mol. The highest BCUT2D eigenvalue weighted by Gasteiger charge is 2.41. The highest BCUT2D eigenvalue weighted by molar-refractivity contribution is 7.80. The van der Waals surface area contributed by atoms with E-state index in [0.717, 1.165) is 22.2 Å². The number of furan rings is 1. The first-order chi connectivity index (χ1) is 19.5. The Morgan fingerprint density at radius 2 is 1.77 bits per heavy atom. The third-order valence-corrected chi connectivity index (χ3v) is 8.15. The lowest BCUT2D eigenvalue weighted by molar-refractivity contribution is -0.116.